The maximum absolute atomic E-state index is 9.88. The minimum atomic E-state index is -7.00. The van der Waals surface area contributed by atoms with Crippen LogP contribution < -0.4 is 0 Å². The summed E-state index contributed by atoms with van der Waals surface area (Å²) in [5.41, 5.74) is 0. The molecule has 2 nitrogen and oxygen atoms in total. The molecule has 0 radical (unpaired) electrons. The molecule has 0 aromatic rings. The standard InChI is InChI=1S/C8H18BN2.4FH.Ti/c1-3-4-6-11(9)7-5-10(2)8-11;;;;;/h5,7H,3-4,6,8-9H2,1-2H3;4*1H;/q+1;;;;;+4/p-4. The van der Waals surface area contributed by atoms with Crippen molar-refractivity contribution in [2.75, 3.05) is 20.3 Å². The predicted octanol–water partition coefficient (Wildman–Crippen LogP) is 2.20. The molecule has 0 aliphatic carbocycles. The number of hydrogen-bond acceptors (Lipinski definition) is 1. The van der Waals surface area contributed by atoms with Crippen LogP contribution in [0.5, 0.6) is 0 Å². The average molecular weight is 277 g/mol. The number of unbranched alkanes of at least 4 members (excludes halogenated alkanes) is 1. The molecule has 1 aliphatic rings. The Balaban J connectivity index is 0.000000385. The third-order valence-corrected chi connectivity index (χ3v) is 2.25. The van der Waals surface area contributed by atoms with Gasteiger partial charge in [-0.25, -0.2) is 0 Å². The van der Waals surface area contributed by atoms with Gasteiger partial charge < -0.3 is 9.29 Å². The van der Waals surface area contributed by atoms with Gasteiger partial charge in [-0.1, -0.05) is 13.3 Å². The van der Waals surface area contributed by atoms with Crippen molar-refractivity contribution in [3.8, 4) is 0 Å². The summed E-state index contributed by atoms with van der Waals surface area (Å²) < 4.78 is 40.6. The van der Waals surface area contributed by atoms with Gasteiger partial charge in [-0.2, -0.15) is 0 Å². The topological polar surface area (TPSA) is 3.24 Å². The molecule has 1 aliphatic heterocycles. The van der Waals surface area contributed by atoms with Crippen molar-refractivity contribution < 1.29 is 35.5 Å². The zero-order valence-electron chi connectivity index (χ0n) is 9.89. The summed E-state index contributed by atoms with van der Waals surface area (Å²) in [7, 11) is 4.42. The Hall–Kier alpha value is -0.000779. The summed E-state index contributed by atoms with van der Waals surface area (Å²) in [6, 6.07) is 0. The zero-order chi connectivity index (χ0) is 12.8. The van der Waals surface area contributed by atoms with E-state index < -0.39 is 18.7 Å². The molecule has 0 fully saturated rings. The molecule has 8 heteroatoms. The summed E-state index contributed by atoms with van der Waals surface area (Å²) in [4.78, 5) is 2.25. The Labute approximate surface area is 101 Å². The van der Waals surface area contributed by atoms with Gasteiger partial charge in [0.05, 0.1) is 18.9 Å². The fourth-order valence-electron chi connectivity index (χ4n) is 1.54. The van der Waals surface area contributed by atoms with Crippen LogP contribution in [0.25, 0.3) is 0 Å². The van der Waals surface area contributed by atoms with Crippen LogP contribution in [0.15, 0.2) is 12.4 Å². The second-order valence-electron chi connectivity index (χ2n) is 4.18. The van der Waals surface area contributed by atoms with Crippen molar-refractivity contribution in [2.24, 2.45) is 0 Å². The van der Waals surface area contributed by atoms with Gasteiger partial charge in [0.15, 0.2) is 0 Å². The normalized spacial score (nSPS) is 24.2. The van der Waals surface area contributed by atoms with E-state index in [2.05, 4.69) is 39.3 Å². The molecule has 0 aromatic carbocycles. The van der Waals surface area contributed by atoms with Crippen molar-refractivity contribution >= 4 is 7.98 Å². The number of halogens is 4. The fraction of sp³-hybridized carbons (Fsp3) is 0.750. The molecule has 1 rings (SSSR count). The van der Waals surface area contributed by atoms with Gasteiger partial charge in [0.1, 0.15) is 6.67 Å². The molecule has 1 unspecified atom stereocenters. The molecule has 1 heterocycles. The van der Waals surface area contributed by atoms with Gasteiger partial charge in [0.25, 0.3) is 0 Å². The molecule has 0 saturated carbocycles. The summed E-state index contributed by atoms with van der Waals surface area (Å²) in [5.74, 6) is 0. The molecule has 0 spiro atoms. The molecule has 16 heavy (non-hydrogen) atoms. The Morgan fingerprint density at radius 3 is 2.19 bits per heavy atom. The van der Waals surface area contributed by atoms with Gasteiger partial charge in [-0.15, -0.1) is 0 Å². The number of quaternary nitrogens is 1. The summed E-state index contributed by atoms with van der Waals surface area (Å²) in [5, 5.41) is 0. The number of hydrogen-bond donors (Lipinski definition) is 0. The third kappa shape index (κ3) is 9.24. The first-order valence-corrected chi connectivity index (χ1v) is 7.52. The number of nitrogens with zero attached hydrogens (tertiary/aromatic N) is 2. The molecular formula is C8H18BF4N2Ti+. The molecule has 0 saturated heterocycles. The summed E-state index contributed by atoms with van der Waals surface area (Å²) in [6.45, 7) is 4.66. The second-order valence-corrected chi connectivity index (χ2v) is 5.52. The van der Waals surface area contributed by atoms with Crippen LogP contribution in [0.3, 0.4) is 0 Å². The Kier molecular flexibility index (Phi) is 6.67. The van der Waals surface area contributed by atoms with E-state index in [0.717, 1.165) is 11.1 Å². The minimum absolute atomic E-state index is 1.09. The van der Waals surface area contributed by atoms with Crippen LogP contribution in [0.2, 0.25) is 0 Å². The van der Waals surface area contributed by atoms with Gasteiger partial charge in [0.2, 0.25) is 0 Å². The second kappa shape index (κ2) is 6.67. The first-order valence-electron chi connectivity index (χ1n) is 5.16. The number of rotatable bonds is 3. The molecular weight excluding hydrogens is 259 g/mol. The van der Waals surface area contributed by atoms with Crippen LogP contribution in [-0.4, -0.2) is 37.5 Å². The van der Waals surface area contributed by atoms with Crippen molar-refractivity contribution in [3.63, 3.8) is 0 Å². The van der Waals surface area contributed by atoms with Gasteiger partial charge in [0, 0.05) is 7.05 Å². The van der Waals surface area contributed by atoms with Crippen LogP contribution in [0.1, 0.15) is 19.8 Å². The molecule has 0 bridgehead atoms. The van der Waals surface area contributed by atoms with Gasteiger partial charge in [-0.3, -0.25) is 0 Å². The van der Waals surface area contributed by atoms with Crippen molar-refractivity contribution in [1.29, 1.82) is 0 Å². The van der Waals surface area contributed by atoms with Crippen LogP contribution in [0, 0.1) is 0 Å². The summed E-state index contributed by atoms with van der Waals surface area (Å²) in [6.07, 6.45) is 7.09. The van der Waals surface area contributed by atoms with E-state index in [1.807, 2.05) is 0 Å². The zero-order valence-corrected chi connectivity index (χ0v) is 11.5. The average Bonchev–Trinajstić information content (AvgIpc) is 2.41. The quantitative estimate of drug-likeness (QED) is 0.564. The van der Waals surface area contributed by atoms with Gasteiger partial charge >= 0.3 is 39.1 Å². The first kappa shape index (κ1) is 16.0. The molecule has 0 amide bonds. The van der Waals surface area contributed by atoms with Gasteiger partial charge in [-0.05, 0) is 6.42 Å². The molecule has 1 atom stereocenters. The third-order valence-electron chi connectivity index (χ3n) is 2.25. The van der Waals surface area contributed by atoms with E-state index in [0.29, 0.717) is 0 Å². The van der Waals surface area contributed by atoms with E-state index in [4.69, 9.17) is 0 Å². The Morgan fingerprint density at radius 2 is 1.88 bits per heavy atom. The molecule has 0 N–H and O–H groups in total. The fourth-order valence-corrected chi connectivity index (χ4v) is 1.54. The van der Waals surface area contributed by atoms with E-state index >= 15 is 0 Å². The van der Waals surface area contributed by atoms with Crippen LogP contribution in [0.4, 0.5) is 12.4 Å². The van der Waals surface area contributed by atoms with Crippen molar-refractivity contribution in [1.82, 2.24) is 4.90 Å². The summed E-state index contributed by atoms with van der Waals surface area (Å²) >= 11 is -7.00. The van der Waals surface area contributed by atoms with Crippen molar-refractivity contribution in [3.05, 3.63) is 12.4 Å². The van der Waals surface area contributed by atoms with Crippen LogP contribution in [-0.2, 0) is 18.7 Å². The molecule has 0 aromatic heterocycles. The first-order chi connectivity index (χ1) is 7.16. The monoisotopic (exact) mass is 277 g/mol. The van der Waals surface area contributed by atoms with E-state index in [-0.39, 0.29) is 0 Å². The predicted molar refractivity (Wildman–Crippen MR) is 54.8 cm³/mol. The van der Waals surface area contributed by atoms with E-state index in [1.165, 1.54) is 19.4 Å². The Bertz CT molecular complexity index is 231. The van der Waals surface area contributed by atoms with Crippen LogP contribution >= 0.6 is 0 Å². The Morgan fingerprint density at radius 1 is 1.38 bits per heavy atom. The van der Waals surface area contributed by atoms with E-state index in [9.17, 15) is 12.4 Å². The maximum atomic E-state index is 9.88. The SMILES string of the molecule is B[N+]1(CCCC)C=CN(C)C1.[F][Ti]([F])([F])[F]. The van der Waals surface area contributed by atoms with E-state index in [1.54, 1.807) is 0 Å². The molecule has 94 valence electrons. The van der Waals surface area contributed by atoms with Crippen molar-refractivity contribution in [2.45, 2.75) is 19.8 Å².